The lowest BCUT2D eigenvalue weighted by Gasteiger charge is -2.07. The van der Waals surface area contributed by atoms with Crippen molar-refractivity contribution in [3.8, 4) is 0 Å². The molecule has 0 aliphatic heterocycles. The van der Waals surface area contributed by atoms with E-state index >= 15 is 0 Å². The number of aromatic amines is 1. The lowest BCUT2D eigenvalue weighted by Crippen LogP contribution is -2.10. The van der Waals surface area contributed by atoms with Crippen LogP contribution in [0.25, 0.3) is 0 Å². The van der Waals surface area contributed by atoms with E-state index in [4.69, 9.17) is 16.7 Å². The Balaban J connectivity index is 2.36. The summed E-state index contributed by atoms with van der Waals surface area (Å²) in [5.41, 5.74) is 0.176. The highest BCUT2D eigenvalue weighted by atomic mass is 35.5. The number of benzene rings is 1. The van der Waals surface area contributed by atoms with Gasteiger partial charge in [0.1, 0.15) is 11.6 Å². The van der Waals surface area contributed by atoms with Crippen molar-refractivity contribution in [2.45, 2.75) is 6.92 Å². The fourth-order valence-corrected chi connectivity index (χ4v) is 1.76. The molecule has 0 aliphatic carbocycles. The number of anilines is 2. The fraction of sp³-hybridized carbons (Fsp3) is 0.0833. The predicted octanol–water partition coefficient (Wildman–Crippen LogP) is 2.17. The number of carboxylic acid groups (broad SMARTS) is 1. The van der Waals surface area contributed by atoms with Gasteiger partial charge in [0.15, 0.2) is 0 Å². The van der Waals surface area contributed by atoms with Crippen LogP contribution in [0, 0.1) is 6.92 Å². The highest BCUT2D eigenvalue weighted by molar-refractivity contribution is 6.33. The van der Waals surface area contributed by atoms with Gasteiger partial charge in [0, 0.05) is 11.8 Å². The van der Waals surface area contributed by atoms with Gasteiger partial charge in [-0.25, -0.2) is 9.78 Å². The summed E-state index contributed by atoms with van der Waals surface area (Å²) in [5, 5.41) is 12.0. The van der Waals surface area contributed by atoms with Gasteiger partial charge in [-0.2, -0.15) is 0 Å². The molecule has 0 spiro atoms. The van der Waals surface area contributed by atoms with Gasteiger partial charge >= 0.3 is 5.97 Å². The van der Waals surface area contributed by atoms with Crippen LogP contribution in [0.3, 0.4) is 0 Å². The Bertz CT molecular complexity index is 697. The number of aromatic nitrogens is 2. The second kappa shape index (κ2) is 5.11. The average Bonchev–Trinajstić information content (AvgIpc) is 2.30. The quantitative estimate of drug-likeness (QED) is 0.800. The predicted molar refractivity (Wildman–Crippen MR) is 71.3 cm³/mol. The van der Waals surface area contributed by atoms with Gasteiger partial charge in [0.25, 0.3) is 5.56 Å². The minimum absolute atomic E-state index is 0.0202. The van der Waals surface area contributed by atoms with E-state index in [0.717, 1.165) is 0 Å². The molecule has 1 aromatic carbocycles. The average molecular weight is 280 g/mol. The van der Waals surface area contributed by atoms with Crippen molar-refractivity contribution in [2.75, 3.05) is 5.32 Å². The number of carboxylic acids is 1. The summed E-state index contributed by atoms with van der Waals surface area (Å²) in [4.78, 5) is 28.8. The van der Waals surface area contributed by atoms with Gasteiger partial charge < -0.3 is 15.4 Å². The second-order valence-corrected chi connectivity index (χ2v) is 4.25. The number of rotatable bonds is 3. The van der Waals surface area contributed by atoms with Gasteiger partial charge in [-0.3, -0.25) is 4.79 Å². The number of hydrogen-bond donors (Lipinski definition) is 3. The monoisotopic (exact) mass is 279 g/mol. The normalized spacial score (nSPS) is 10.2. The van der Waals surface area contributed by atoms with Crippen LogP contribution in [-0.2, 0) is 0 Å². The largest absolute Gasteiger partial charge is 0.478 e. The number of hydrogen-bond acceptors (Lipinski definition) is 4. The lowest BCUT2D eigenvalue weighted by molar-refractivity contribution is 0.0697. The summed E-state index contributed by atoms with van der Waals surface area (Å²) < 4.78 is 0. The minimum atomic E-state index is -1.12. The molecule has 0 unspecified atom stereocenters. The zero-order valence-corrected chi connectivity index (χ0v) is 10.7. The molecule has 2 aromatic rings. The van der Waals surface area contributed by atoms with Crippen molar-refractivity contribution < 1.29 is 9.90 Å². The maximum Gasteiger partial charge on any atom is 0.337 e. The number of nitrogens with zero attached hydrogens (tertiary/aromatic N) is 1. The van der Waals surface area contributed by atoms with Crippen molar-refractivity contribution in [1.29, 1.82) is 0 Å². The van der Waals surface area contributed by atoms with E-state index in [2.05, 4.69) is 15.3 Å². The molecular weight excluding hydrogens is 270 g/mol. The number of H-pyrrole nitrogens is 1. The minimum Gasteiger partial charge on any atom is -0.478 e. The zero-order valence-electron chi connectivity index (χ0n) is 9.90. The molecular formula is C12H10ClN3O3. The van der Waals surface area contributed by atoms with E-state index in [1.54, 1.807) is 13.0 Å². The fourth-order valence-electron chi connectivity index (χ4n) is 1.56. The molecule has 0 atom stereocenters. The first-order chi connectivity index (χ1) is 8.95. The number of aromatic carboxylic acids is 1. The van der Waals surface area contributed by atoms with Gasteiger partial charge in [-0.15, -0.1) is 0 Å². The molecule has 3 N–H and O–H groups in total. The van der Waals surface area contributed by atoms with Crippen LogP contribution in [0.4, 0.5) is 11.5 Å². The van der Waals surface area contributed by atoms with E-state index in [9.17, 15) is 9.59 Å². The van der Waals surface area contributed by atoms with Crippen LogP contribution in [0.5, 0.6) is 0 Å². The maximum atomic E-state index is 11.3. The van der Waals surface area contributed by atoms with E-state index in [1.807, 2.05) is 0 Å². The summed E-state index contributed by atoms with van der Waals surface area (Å²) in [6, 6.07) is 5.73. The summed E-state index contributed by atoms with van der Waals surface area (Å²) >= 11 is 5.77. The topological polar surface area (TPSA) is 95.1 Å². The van der Waals surface area contributed by atoms with Crippen molar-refractivity contribution in [3.63, 3.8) is 0 Å². The van der Waals surface area contributed by atoms with Crippen molar-refractivity contribution >= 4 is 29.1 Å². The van der Waals surface area contributed by atoms with Crippen LogP contribution in [0.1, 0.15) is 16.2 Å². The van der Waals surface area contributed by atoms with Gasteiger partial charge in [0.2, 0.25) is 0 Å². The third kappa shape index (κ3) is 3.11. The molecule has 2 rings (SSSR count). The molecule has 0 amide bonds. The van der Waals surface area contributed by atoms with Crippen molar-refractivity contribution in [1.82, 2.24) is 9.97 Å². The highest BCUT2D eigenvalue weighted by Crippen LogP contribution is 2.22. The van der Waals surface area contributed by atoms with E-state index in [0.29, 0.717) is 17.3 Å². The smallest absolute Gasteiger partial charge is 0.337 e. The van der Waals surface area contributed by atoms with Crippen LogP contribution in [-0.4, -0.2) is 21.0 Å². The summed E-state index contributed by atoms with van der Waals surface area (Å²) in [5.74, 6) is -0.328. The molecule has 0 aliphatic rings. The summed E-state index contributed by atoms with van der Waals surface area (Å²) in [7, 11) is 0. The van der Waals surface area contributed by atoms with Crippen molar-refractivity contribution in [3.05, 3.63) is 51.0 Å². The lowest BCUT2D eigenvalue weighted by atomic mass is 10.2. The molecule has 0 saturated carbocycles. The Morgan fingerprint density at radius 3 is 2.79 bits per heavy atom. The molecule has 0 bridgehead atoms. The number of aryl methyl sites for hydroxylation is 1. The van der Waals surface area contributed by atoms with E-state index in [-0.39, 0.29) is 16.1 Å². The number of carbonyl (C=O) groups is 1. The molecule has 0 fully saturated rings. The standard InChI is InChI=1S/C12H10ClN3O3/c1-6-14-10(5-11(17)15-6)16-7-2-3-9(13)8(4-7)12(18)19/h2-5H,1H3,(H,18,19)(H2,14,15,16,17). The van der Waals surface area contributed by atoms with E-state index in [1.165, 1.54) is 18.2 Å². The SMILES string of the molecule is Cc1nc(Nc2ccc(Cl)c(C(=O)O)c2)cc(=O)[nH]1. The van der Waals surface area contributed by atoms with Gasteiger partial charge in [-0.05, 0) is 25.1 Å². The van der Waals surface area contributed by atoms with Crippen LogP contribution >= 0.6 is 11.6 Å². The van der Waals surface area contributed by atoms with Crippen LogP contribution < -0.4 is 10.9 Å². The van der Waals surface area contributed by atoms with Crippen LogP contribution in [0.15, 0.2) is 29.1 Å². The molecule has 0 radical (unpaired) electrons. The molecule has 19 heavy (non-hydrogen) atoms. The third-order valence-corrected chi connectivity index (χ3v) is 2.66. The molecule has 1 heterocycles. The van der Waals surface area contributed by atoms with Gasteiger partial charge in [0.05, 0.1) is 10.6 Å². The third-order valence-electron chi connectivity index (χ3n) is 2.33. The first kappa shape index (κ1) is 13.1. The highest BCUT2D eigenvalue weighted by Gasteiger charge is 2.09. The summed E-state index contributed by atoms with van der Waals surface area (Å²) in [6.45, 7) is 1.65. The second-order valence-electron chi connectivity index (χ2n) is 3.84. The Morgan fingerprint density at radius 2 is 2.16 bits per heavy atom. The zero-order chi connectivity index (χ0) is 14.0. The molecule has 7 heteroatoms. The first-order valence-corrected chi connectivity index (χ1v) is 5.71. The van der Waals surface area contributed by atoms with Crippen molar-refractivity contribution in [2.24, 2.45) is 0 Å². The maximum absolute atomic E-state index is 11.3. The van der Waals surface area contributed by atoms with Crippen LogP contribution in [0.2, 0.25) is 5.02 Å². The number of nitrogens with one attached hydrogen (secondary N) is 2. The summed E-state index contributed by atoms with van der Waals surface area (Å²) in [6.07, 6.45) is 0. The molecule has 6 nitrogen and oxygen atoms in total. The number of halogens is 1. The molecule has 1 aromatic heterocycles. The first-order valence-electron chi connectivity index (χ1n) is 5.33. The molecule has 0 saturated heterocycles. The van der Waals surface area contributed by atoms with Gasteiger partial charge in [-0.1, -0.05) is 11.6 Å². The Hall–Kier alpha value is -2.34. The van der Waals surface area contributed by atoms with E-state index < -0.39 is 5.97 Å². The molecule has 98 valence electrons. The Kier molecular flexibility index (Phi) is 3.52. The Morgan fingerprint density at radius 1 is 1.42 bits per heavy atom. The Labute approximate surface area is 113 Å².